The number of nitrogens with zero attached hydrogens (tertiary/aromatic N) is 1. The summed E-state index contributed by atoms with van der Waals surface area (Å²) in [6.45, 7) is 0. The molecule has 0 saturated carbocycles. The Bertz CT molecular complexity index is 1050. The van der Waals surface area contributed by atoms with E-state index >= 15 is 0 Å². The Labute approximate surface area is 156 Å². The van der Waals surface area contributed by atoms with E-state index in [1.54, 1.807) is 30.3 Å². The third-order valence-corrected chi connectivity index (χ3v) is 4.08. The van der Waals surface area contributed by atoms with Crippen LogP contribution in [-0.4, -0.2) is 21.9 Å². The second-order valence-corrected chi connectivity index (χ2v) is 5.93. The number of hydrogen-bond donors (Lipinski definition) is 2. The Hall–Kier alpha value is -3.62. The van der Waals surface area contributed by atoms with E-state index in [1.807, 2.05) is 0 Å². The van der Waals surface area contributed by atoms with Crippen molar-refractivity contribution in [2.75, 3.05) is 0 Å². The Morgan fingerprint density at radius 2 is 1.79 bits per heavy atom. The molecular weight excluding hydrogens is 375 g/mol. The van der Waals surface area contributed by atoms with Crippen molar-refractivity contribution in [3.63, 3.8) is 0 Å². The van der Waals surface area contributed by atoms with Gasteiger partial charge >= 0.3 is 6.18 Å². The summed E-state index contributed by atoms with van der Waals surface area (Å²) in [5.41, 5.74) is 6.33. The molecule has 2 amide bonds. The standard InChI is InChI=1S/C19H13F3N3O3/c20-19(21,22)11-6-7-12-14(8-11)24-9-13(16(12)26)18(28)25-15(17(23)27)10-4-2-1-3-5-10/h1-9,15,23H,(H,24,26)(H,25,28). The molecule has 2 aromatic carbocycles. The Balaban J connectivity index is 1.95. The molecule has 6 nitrogen and oxygen atoms in total. The Morgan fingerprint density at radius 1 is 1.11 bits per heavy atom. The van der Waals surface area contributed by atoms with Crippen molar-refractivity contribution in [1.29, 1.82) is 0 Å². The van der Waals surface area contributed by atoms with Gasteiger partial charge in [-0.15, -0.1) is 0 Å². The van der Waals surface area contributed by atoms with E-state index in [4.69, 9.17) is 5.73 Å². The Kier molecular flexibility index (Phi) is 4.91. The number of benzene rings is 2. The number of amides is 2. The summed E-state index contributed by atoms with van der Waals surface area (Å²) in [6, 6.07) is 9.34. The van der Waals surface area contributed by atoms with Gasteiger partial charge in [-0.2, -0.15) is 13.2 Å². The van der Waals surface area contributed by atoms with E-state index in [9.17, 15) is 27.9 Å². The van der Waals surface area contributed by atoms with E-state index in [1.165, 1.54) is 0 Å². The predicted molar refractivity (Wildman–Crippen MR) is 93.2 cm³/mol. The van der Waals surface area contributed by atoms with Gasteiger partial charge in [-0.05, 0) is 23.8 Å². The van der Waals surface area contributed by atoms with Gasteiger partial charge < -0.3 is 10.4 Å². The molecule has 1 heterocycles. The number of fused-ring (bicyclic) bond motifs is 1. The molecule has 28 heavy (non-hydrogen) atoms. The van der Waals surface area contributed by atoms with E-state index in [0.717, 1.165) is 24.4 Å². The first kappa shape index (κ1) is 19.2. The summed E-state index contributed by atoms with van der Waals surface area (Å²) in [6.07, 6.45) is -3.65. The molecule has 0 aliphatic carbocycles. The average Bonchev–Trinajstić information content (AvgIpc) is 2.65. The molecule has 1 aromatic heterocycles. The normalized spacial score (nSPS) is 12.5. The van der Waals surface area contributed by atoms with E-state index in [0.29, 0.717) is 5.56 Å². The van der Waals surface area contributed by atoms with Gasteiger partial charge in [0.15, 0.2) is 0 Å². The Morgan fingerprint density at radius 3 is 2.39 bits per heavy atom. The fraction of sp³-hybridized carbons (Fsp3) is 0.105. The smallest absolute Gasteiger partial charge is 0.416 e. The van der Waals surface area contributed by atoms with Crippen LogP contribution in [0.4, 0.5) is 13.2 Å². The van der Waals surface area contributed by atoms with Crippen LogP contribution in [0.15, 0.2) is 54.7 Å². The van der Waals surface area contributed by atoms with Crippen LogP contribution in [0, 0.1) is 0 Å². The van der Waals surface area contributed by atoms with Gasteiger partial charge in [0.25, 0.3) is 11.8 Å². The summed E-state index contributed by atoms with van der Waals surface area (Å²) in [4.78, 5) is 27.9. The van der Waals surface area contributed by atoms with E-state index in [2.05, 4.69) is 10.3 Å². The predicted octanol–water partition coefficient (Wildman–Crippen LogP) is 3.24. The highest BCUT2D eigenvalue weighted by molar-refractivity contribution is 6.03. The molecule has 1 radical (unpaired) electrons. The molecular formula is C19H13F3N3O3. The van der Waals surface area contributed by atoms with Crippen molar-refractivity contribution >= 4 is 22.7 Å². The molecule has 3 N–H and O–H groups in total. The highest BCUT2D eigenvalue weighted by atomic mass is 19.4. The number of aromatic nitrogens is 1. The minimum absolute atomic E-state index is 0.0471. The first-order valence-corrected chi connectivity index (χ1v) is 7.98. The maximum absolute atomic E-state index is 12.8. The third kappa shape index (κ3) is 3.73. The lowest BCUT2D eigenvalue weighted by Crippen LogP contribution is -2.34. The van der Waals surface area contributed by atoms with Gasteiger partial charge in [-0.25, -0.2) is 0 Å². The lowest BCUT2D eigenvalue weighted by molar-refractivity contribution is -0.137. The number of alkyl halides is 3. The SMILES string of the molecule is [NH]C(=O)C(NC(=O)c1cnc2cc(C(F)(F)F)ccc2c1O)c1ccccc1. The van der Waals surface area contributed by atoms with Crippen molar-refractivity contribution < 1.29 is 27.9 Å². The van der Waals surface area contributed by atoms with Gasteiger partial charge in [0.1, 0.15) is 17.4 Å². The number of carbonyl (C=O) groups excluding carboxylic acids is 2. The second kappa shape index (κ2) is 7.18. The molecule has 0 bridgehead atoms. The maximum atomic E-state index is 12.8. The molecule has 9 heteroatoms. The quantitative estimate of drug-likeness (QED) is 0.716. The van der Waals surface area contributed by atoms with Gasteiger partial charge in [0.05, 0.1) is 11.1 Å². The highest BCUT2D eigenvalue weighted by Crippen LogP contribution is 2.34. The number of hydrogen-bond acceptors (Lipinski definition) is 4. The summed E-state index contributed by atoms with van der Waals surface area (Å²) in [5.74, 6) is -2.52. The molecule has 3 rings (SSSR count). The molecule has 0 spiro atoms. The van der Waals surface area contributed by atoms with Crippen LogP contribution in [-0.2, 0) is 11.0 Å². The summed E-state index contributed by atoms with van der Waals surface area (Å²) >= 11 is 0. The van der Waals surface area contributed by atoms with Gasteiger partial charge in [0.2, 0.25) is 0 Å². The molecule has 1 atom stereocenters. The zero-order valence-electron chi connectivity index (χ0n) is 14.1. The minimum atomic E-state index is -4.57. The van der Waals surface area contributed by atoms with E-state index in [-0.39, 0.29) is 16.5 Å². The molecule has 1 unspecified atom stereocenters. The van der Waals surface area contributed by atoms with Crippen molar-refractivity contribution in [1.82, 2.24) is 16.0 Å². The lowest BCUT2D eigenvalue weighted by atomic mass is 10.0. The van der Waals surface area contributed by atoms with Crippen molar-refractivity contribution in [2.45, 2.75) is 12.2 Å². The zero-order chi connectivity index (χ0) is 20.5. The molecule has 0 aliphatic rings. The summed E-state index contributed by atoms with van der Waals surface area (Å²) in [5, 5.41) is 12.6. The van der Waals surface area contributed by atoms with Crippen molar-refractivity contribution in [3.8, 4) is 5.75 Å². The molecule has 0 aliphatic heterocycles. The fourth-order valence-electron chi connectivity index (χ4n) is 2.68. The number of nitrogens with one attached hydrogen (secondary N) is 2. The fourth-order valence-corrected chi connectivity index (χ4v) is 2.68. The van der Waals surface area contributed by atoms with Crippen LogP contribution < -0.4 is 11.1 Å². The zero-order valence-corrected chi connectivity index (χ0v) is 14.1. The summed E-state index contributed by atoms with van der Waals surface area (Å²) < 4.78 is 38.4. The largest absolute Gasteiger partial charge is 0.506 e. The molecule has 143 valence electrons. The lowest BCUT2D eigenvalue weighted by Gasteiger charge is -2.16. The first-order chi connectivity index (χ1) is 13.2. The van der Waals surface area contributed by atoms with Gasteiger partial charge in [0, 0.05) is 11.6 Å². The second-order valence-electron chi connectivity index (χ2n) is 5.93. The molecule has 0 saturated heterocycles. The first-order valence-electron chi connectivity index (χ1n) is 7.98. The van der Waals surface area contributed by atoms with Crippen LogP contribution in [0.1, 0.15) is 27.5 Å². The monoisotopic (exact) mass is 388 g/mol. The molecule has 0 fully saturated rings. The van der Waals surface area contributed by atoms with Gasteiger partial charge in [-0.3, -0.25) is 20.3 Å². The number of aromatic hydroxyl groups is 1. The van der Waals surface area contributed by atoms with Crippen LogP contribution in [0.5, 0.6) is 5.75 Å². The number of pyridine rings is 1. The number of rotatable bonds is 4. The van der Waals surface area contributed by atoms with Crippen LogP contribution in [0.25, 0.3) is 10.9 Å². The van der Waals surface area contributed by atoms with Crippen molar-refractivity contribution in [3.05, 3.63) is 71.4 Å². The minimum Gasteiger partial charge on any atom is -0.506 e. The van der Waals surface area contributed by atoms with E-state index < -0.39 is 35.3 Å². The van der Waals surface area contributed by atoms with Crippen LogP contribution >= 0.6 is 0 Å². The maximum Gasteiger partial charge on any atom is 0.416 e. The molecule has 3 aromatic rings. The topological polar surface area (TPSA) is 103 Å². The van der Waals surface area contributed by atoms with Gasteiger partial charge in [-0.1, -0.05) is 30.3 Å². The van der Waals surface area contributed by atoms with Crippen LogP contribution in [0.3, 0.4) is 0 Å². The third-order valence-electron chi connectivity index (χ3n) is 4.08. The average molecular weight is 388 g/mol. The number of halogens is 3. The highest BCUT2D eigenvalue weighted by Gasteiger charge is 2.31. The number of carbonyl (C=O) groups is 2. The van der Waals surface area contributed by atoms with Crippen molar-refractivity contribution in [2.24, 2.45) is 0 Å². The van der Waals surface area contributed by atoms with Crippen LogP contribution in [0.2, 0.25) is 0 Å². The summed E-state index contributed by atoms with van der Waals surface area (Å²) in [7, 11) is 0.